The molecule has 0 aliphatic rings. The van der Waals surface area contributed by atoms with Gasteiger partial charge in [-0.25, -0.2) is 0 Å². The summed E-state index contributed by atoms with van der Waals surface area (Å²) in [5, 5.41) is 0. The zero-order valence-electron chi connectivity index (χ0n) is 36.6. The molecule has 0 rings (SSSR count). The van der Waals surface area contributed by atoms with E-state index in [1.807, 2.05) is 54.7 Å². The molecule has 0 N–H and O–H groups in total. The van der Waals surface area contributed by atoms with Gasteiger partial charge in [0.15, 0.2) is 6.10 Å². The first-order valence-electron chi connectivity index (χ1n) is 22.8. The Bertz CT molecular complexity index is 1180. The highest BCUT2D eigenvalue weighted by Crippen LogP contribution is 2.13. The van der Waals surface area contributed by atoms with Crippen molar-refractivity contribution in [2.24, 2.45) is 0 Å². The number of esters is 3. The van der Waals surface area contributed by atoms with Gasteiger partial charge in [0.05, 0.1) is 0 Å². The Balaban J connectivity index is 4.51. The van der Waals surface area contributed by atoms with Crippen LogP contribution in [0.1, 0.15) is 188 Å². The van der Waals surface area contributed by atoms with Crippen molar-refractivity contribution in [1.82, 2.24) is 0 Å². The minimum atomic E-state index is -0.803. The Morgan fingerprint density at radius 1 is 0.368 bits per heavy atom. The van der Waals surface area contributed by atoms with E-state index in [1.54, 1.807) is 0 Å². The van der Waals surface area contributed by atoms with E-state index in [0.29, 0.717) is 19.3 Å². The van der Waals surface area contributed by atoms with Gasteiger partial charge in [-0.3, -0.25) is 14.4 Å². The van der Waals surface area contributed by atoms with Gasteiger partial charge in [-0.15, -0.1) is 0 Å². The van der Waals surface area contributed by atoms with Gasteiger partial charge in [-0.2, -0.15) is 0 Å². The van der Waals surface area contributed by atoms with E-state index in [9.17, 15) is 14.4 Å². The quantitative estimate of drug-likeness (QED) is 0.0267. The summed E-state index contributed by atoms with van der Waals surface area (Å²) < 4.78 is 16.7. The van der Waals surface area contributed by atoms with Gasteiger partial charge in [-0.05, 0) is 57.8 Å². The zero-order valence-corrected chi connectivity index (χ0v) is 36.6. The van der Waals surface area contributed by atoms with Gasteiger partial charge >= 0.3 is 17.9 Å². The SMILES string of the molecule is CC\C=C/C=C\C=C/C=C\C=C/CCCCCC(=O)OCC(COC(=O)CCCCCCCCCCCCC)OC(=O)CCCCCCC\C=C/C=C\C=C/CC. The highest BCUT2D eigenvalue weighted by Gasteiger charge is 2.19. The number of rotatable bonds is 39. The Hall–Kier alpha value is -3.67. The van der Waals surface area contributed by atoms with E-state index >= 15 is 0 Å². The molecule has 0 spiro atoms. The Morgan fingerprint density at radius 2 is 0.684 bits per heavy atom. The van der Waals surface area contributed by atoms with Crippen LogP contribution in [-0.2, 0) is 28.6 Å². The first kappa shape index (κ1) is 53.3. The van der Waals surface area contributed by atoms with Crippen LogP contribution in [0.3, 0.4) is 0 Å². The minimum absolute atomic E-state index is 0.100. The highest BCUT2D eigenvalue weighted by atomic mass is 16.6. The van der Waals surface area contributed by atoms with Crippen molar-refractivity contribution in [1.29, 1.82) is 0 Å². The molecule has 0 heterocycles. The fraction of sp³-hybridized carbons (Fsp3) is 0.627. The van der Waals surface area contributed by atoms with Gasteiger partial charge in [0.25, 0.3) is 0 Å². The Morgan fingerprint density at radius 3 is 1.09 bits per heavy atom. The van der Waals surface area contributed by atoms with Gasteiger partial charge in [0, 0.05) is 19.3 Å². The van der Waals surface area contributed by atoms with Crippen LogP contribution >= 0.6 is 0 Å². The first-order valence-corrected chi connectivity index (χ1v) is 22.8. The van der Waals surface area contributed by atoms with Crippen LogP contribution in [0.2, 0.25) is 0 Å². The Labute approximate surface area is 349 Å². The fourth-order valence-corrected chi connectivity index (χ4v) is 5.87. The zero-order chi connectivity index (χ0) is 41.5. The molecule has 0 fully saturated rings. The lowest BCUT2D eigenvalue weighted by Gasteiger charge is -2.18. The summed E-state index contributed by atoms with van der Waals surface area (Å²) in [6, 6.07) is 0. The van der Waals surface area contributed by atoms with E-state index < -0.39 is 6.10 Å². The van der Waals surface area contributed by atoms with Crippen molar-refractivity contribution in [2.75, 3.05) is 13.2 Å². The number of allylic oxidation sites excluding steroid dienone is 16. The molecule has 1 atom stereocenters. The number of hydrogen-bond acceptors (Lipinski definition) is 6. The second-order valence-electron chi connectivity index (χ2n) is 14.7. The van der Waals surface area contributed by atoms with E-state index in [2.05, 4.69) is 63.3 Å². The molecule has 6 heteroatoms. The molecule has 0 amide bonds. The van der Waals surface area contributed by atoms with Crippen molar-refractivity contribution in [2.45, 2.75) is 194 Å². The maximum absolute atomic E-state index is 12.7. The molecule has 6 nitrogen and oxygen atoms in total. The summed E-state index contributed by atoms with van der Waals surface area (Å²) >= 11 is 0. The summed E-state index contributed by atoms with van der Waals surface area (Å²) in [5.74, 6) is -0.974. The molecule has 0 aliphatic carbocycles. The molecule has 1 unspecified atom stereocenters. The molecule has 0 aromatic heterocycles. The summed E-state index contributed by atoms with van der Waals surface area (Å²) in [7, 11) is 0. The molecule has 57 heavy (non-hydrogen) atoms. The minimum Gasteiger partial charge on any atom is -0.462 e. The molecule has 322 valence electrons. The molecule has 0 aromatic rings. The molecule has 0 aliphatic heterocycles. The summed E-state index contributed by atoms with van der Waals surface area (Å²) in [4.78, 5) is 37.8. The monoisotopic (exact) mass is 791 g/mol. The Kier molecular flexibility index (Phi) is 42.1. The van der Waals surface area contributed by atoms with Crippen molar-refractivity contribution in [3.63, 3.8) is 0 Å². The van der Waals surface area contributed by atoms with Crippen molar-refractivity contribution >= 4 is 17.9 Å². The van der Waals surface area contributed by atoms with Crippen molar-refractivity contribution < 1.29 is 28.6 Å². The highest BCUT2D eigenvalue weighted by molar-refractivity contribution is 5.71. The van der Waals surface area contributed by atoms with Crippen LogP contribution in [0, 0.1) is 0 Å². The van der Waals surface area contributed by atoms with Crippen LogP contribution in [0.4, 0.5) is 0 Å². The van der Waals surface area contributed by atoms with Crippen molar-refractivity contribution in [3.8, 4) is 0 Å². The summed E-state index contributed by atoms with van der Waals surface area (Å²) in [6.45, 7) is 6.27. The number of carbonyl (C=O) groups excluding carboxylic acids is 3. The van der Waals surface area contributed by atoms with E-state index in [-0.39, 0.29) is 31.1 Å². The van der Waals surface area contributed by atoms with Crippen LogP contribution < -0.4 is 0 Å². The molecular weight excluding hydrogens is 709 g/mol. The second kappa shape index (κ2) is 45.0. The van der Waals surface area contributed by atoms with Crippen molar-refractivity contribution in [3.05, 3.63) is 97.2 Å². The third-order valence-corrected chi connectivity index (χ3v) is 9.27. The number of unbranched alkanes of at least 4 members (excludes halogenated alkanes) is 18. The average molecular weight is 791 g/mol. The van der Waals surface area contributed by atoms with Crippen LogP contribution in [0.5, 0.6) is 0 Å². The number of ether oxygens (including phenoxy) is 3. The lowest BCUT2D eigenvalue weighted by Crippen LogP contribution is -2.30. The summed E-state index contributed by atoms with van der Waals surface area (Å²) in [5.41, 5.74) is 0. The average Bonchev–Trinajstić information content (AvgIpc) is 3.21. The van der Waals surface area contributed by atoms with E-state index in [1.165, 1.54) is 51.4 Å². The third kappa shape index (κ3) is 43.3. The second-order valence-corrected chi connectivity index (χ2v) is 14.7. The molecule has 0 radical (unpaired) electrons. The van der Waals surface area contributed by atoms with Gasteiger partial charge in [0.1, 0.15) is 13.2 Å². The maximum atomic E-state index is 12.7. The van der Waals surface area contributed by atoms with Crippen LogP contribution in [0.15, 0.2) is 97.2 Å². The predicted molar refractivity (Wildman–Crippen MR) is 242 cm³/mol. The largest absolute Gasteiger partial charge is 0.462 e. The summed E-state index contributed by atoms with van der Waals surface area (Å²) in [6.07, 6.45) is 58.1. The molecular formula is C51H82O6. The van der Waals surface area contributed by atoms with E-state index in [4.69, 9.17) is 14.2 Å². The lowest BCUT2D eigenvalue weighted by atomic mass is 10.1. The molecule has 0 aromatic carbocycles. The van der Waals surface area contributed by atoms with E-state index in [0.717, 1.165) is 96.3 Å². The molecule has 0 saturated heterocycles. The van der Waals surface area contributed by atoms with Crippen LogP contribution in [0.25, 0.3) is 0 Å². The lowest BCUT2D eigenvalue weighted by molar-refractivity contribution is -0.167. The standard InChI is InChI=1S/C51H82O6/c1-4-7-10-13-16-19-22-24-25-27-29-32-35-38-41-44-50(53)56-47-48(46-55-49(52)43-40-37-34-31-28-21-18-15-12-9-6-3)57-51(54)45-42-39-36-33-30-26-23-20-17-14-11-8-5-2/h7-8,10-11,13-14,16-17,19-20,22-25,27,29,48H,4-6,9,12,15,18,21,26,28,30-47H2,1-3H3/b10-7-,11-8-,16-13-,17-14-,22-19-,23-20-,25-24-,29-27-. The molecule has 0 bridgehead atoms. The fourth-order valence-electron chi connectivity index (χ4n) is 5.87. The smallest absolute Gasteiger partial charge is 0.306 e. The van der Waals surface area contributed by atoms with Gasteiger partial charge in [-0.1, -0.05) is 208 Å². The number of carbonyl (C=O) groups is 3. The maximum Gasteiger partial charge on any atom is 0.306 e. The number of hydrogen-bond donors (Lipinski definition) is 0. The first-order chi connectivity index (χ1) is 28.0. The topological polar surface area (TPSA) is 78.9 Å². The van der Waals surface area contributed by atoms with Gasteiger partial charge in [0.2, 0.25) is 0 Å². The normalized spacial score (nSPS) is 13.0. The predicted octanol–water partition coefficient (Wildman–Crippen LogP) is 14.6. The van der Waals surface area contributed by atoms with Crippen LogP contribution in [-0.4, -0.2) is 37.2 Å². The third-order valence-electron chi connectivity index (χ3n) is 9.27. The van der Waals surface area contributed by atoms with Gasteiger partial charge < -0.3 is 14.2 Å². The molecule has 0 saturated carbocycles.